The van der Waals surface area contributed by atoms with Gasteiger partial charge in [0.25, 0.3) is 5.91 Å². The first-order chi connectivity index (χ1) is 14.0. The number of methoxy groups -OCH3 is 2. The maximum atomic E-state index is 12.5. The van der Waals surface area contributed by atoms with E-state index in [9.17, 15) is 4.79 Å². The highest BCUT2D eigenvalue weighted by molar-refractivity contribution is 5.94. The van der Waals surface area contributed by atoms with Crippen molar-refractivity contribution >= 4 is 5.91 Å². The molecule has 0 saturated carbocycles. The van der Waals surface area contributed by atoms with Crippen LogP contribution in [0.15, 0.2) is 48.8 Å². The number of nitrogens with one attached hydrogen (secondary N) is 1. The standard InChI is InChI=1S/C21H24N4O4/c1-25-9-8-23-20(25)13-24-21(26)15-5-7-17(19(11-15)28-3)29-16-6-4-14(12-22)10-18(16)27-2/h4-11H,12-13,22H2,1-3H3,(H,24,26). The summed E-state index contributed by atoms with van der Waals surface area (Å²) in [6, 6.07) is 10.5. The normalized spacial score (nSPS) is 10.5. The topological polar surface area (TPSA) is 101 Å². The van der Waals surface area contributed by atoms with E-state index in [0.29, 0.717) is 41.7 Å². The van der Waals surface area contributed by atoms with E-state index in [2.05, 4.69) is 10.3 Å². The van der Waals surface area contributed by atoms with Gasteiger partial charge >= 0.3 is 0 Å². The van der Waals surface area contributed by atoms with E-state index < -0.39 is 0 Å². The molecule has 3 rings (SSSR count). The third kappa shape index (κ3) is 4.67. The Balaban J connectivity index is 1.76. The predicted molar refractivity (Wildman–Crippen MR) is 108 cm³/mol. The predicted octanol–water partition coefficient (Wildman–Crippen LogP) is 2.62. The molecule has 0 saturated heterocycles. The Morgan fingerprint density at radius 3 is 2.38 bits per heavy atom. The lowest BCUT2D eigenvalue weighted by Crippen LogP contribution is -2.24. The van der Waals surface area contributed by atoms with Crippen molar-refractivity contribution < 1.29 is 19.0 Å². The van der Waals surface area contributed by atoms with Gasteiger partial charge in [0.15, 0.2) is 23.0 Å². The highest BCUT2D eigenvalue weighted by Crippen LogP contribution is 2.37. The molecule has 0 aliphatic heterocycles. The number of carbonyl (C=O) groups is 1. The zero-order chi connectivity index (χ0) is 20.8. The molecule has 152 valence electrons. The van der Waals surface area contributed by atoms with Crippen LogP contribution < -0.4 is 25.3 Å². The molecule has 8 nitrogen and oxygen atoms in total. The first kappa shape index (κ1) is 20.2. The van der Waals surface area contributed by atoms with Gasteiger partial charge in [0.2, 0.25) is 0 Å². The van der Waals surface area contributed by atoms with Crippen LogP contribution >= 0.6 is 0 Å². The molecule has 0 fully saturated rings. The summed E-state index contributed by atoms with van der Waals surface area (Å²) in [4.78, 5) is 16.7. The Kier molecular flexibility index (Phi) is 6.36. The van der Waals surface area contributed by atoms with Crippen LogP contribution in [0.1, 0.15) is 21.7 Å². The van der Waals surface area contributed by atoms with Gasteiger partial charge in [-0.3, -0.25) is 4.79 Å². The highest BCUT2D eigenvalue weighted by Gasteiger charge is 2.14. The largest absolute Gasteiger partial charge is 0.493 e. The molecule has 1 amide bonds. The maximum Gasteiger partial charge on any atom is 0.251 e. The van der Waals surface area contributed by atoms with E-state index in [1.54, 1.807) is 37.6 Å². The fourth-order valence-corrected chi connectivity index (χ4v) is 2.76. The van der Waals surface area contributed by atoms with Crippen molar-refractivity contribution in [1.29, 1.82) is 0 Å². The van der Waals surface area contributed by atoms with Gasteiger partial charge < -0.3 is 29.8 Å². The fourth-order valence-electron chi connectivity index (χ4n) is 2.76. The number of imidazole rings is 1. The van der Waals surface area contributed by atoms with E-state index in [4.69, 9.17) is 19.9 Å². The lowest BCUT2D eigenvalue weighted by Gasteiger charge is -2.15. The molecule has 1 aromatic heterocycles. The number of aromatic nitrogens is 2. The van der Waals surface area contributed by atoms with Crippen LogP contribution in [0, 0.1) is 0 Å². The minimum atomic E-state index is -0.234. The second-order valence-electron chi connectivity index (χ2n) is 6.29. The monoisotopic (exact) mass is 396 g/mol. The number of aryl methyl sites for hydroxylation is 1. The molecule has 3 N–H and O–H groups in total. The molecule has 0 unspecified atom stereocenters. The number of amides is 1. The van der Waals surface area contributed by atoms with Gasteiger partial charge in [-0.25, -0.2) is 4.98 Å². The number of hydrogen-bond donors (Lipinski definition) is 2. The Hall–Kier alpha value is -3.52. The summed E-state index contributed by atoms with van der Waals surface area (Å²) in [7, 11) is 4.96. The Morgan fingerprint density at radius 1 is 1.07 bits per heavy atom. The number of benzene rings is 2. The third-order valence-corrected chi connectivity index (χ3v) is 4.44. The van der Waals surface area contributed by atoms with E-state index in [-0.39, 0.29) is 5.91 Å². The van der Waals surface area contributed by atoms with E-state index >= 15 is 0 Å². The van der Waals surface area contributed by atoms with Crippen molar-refractivity contribution in [2.24, 2.45) is 12.8 Å². The number of ether oxygens (including phenoxy) is 3. The summed E-state index contributed by atoms with van der Waals surface area (Å²) in [5, 5.41) is 2.84. The van der Waals surface area contributed by atoms with Crippen LogP contribution in [0.5, 0.6) is 23.0 Å². The summed E-state index contributed by atoms with van der Waals surface area (Å²) >= 11 is 0. The molecule has 0 bridgehead atoms. The molecule has 8 heteroatoms. The van der Waals surface area contributed by atoms with Gasteiger partial charge in [0.05, 0.1) is 20.8 Å². The van der Waals surface area contributed by atoms with Gasteiger partial charge in [-0.1, -0.05) is 6.07 Å². The number of nitrogens with two attached hydrogens (primary N) is 1. The quantitative estimate of drug-likeness (QED) is 0.607. The Labute approximate surface area is 169 Å². The second-order valence-corrected chi connectivity index (χ2v) is 6.29. The molecular formula is C21H24N4O4. The summed E-state index contributed by atoms with van der Waals surface area (Å²) in [5.74, 6) is 2.51. The average molecular weight is 396 g/mol. The van der Waals surface area contributed by atoms with Crippen LogP contribution in [0.25, 0.3) is 0 Å². The van der Waals surface area contributed by atoms with Gasteiger partial charge in [-0.15, -0.1) is 0 Å². The van der Waals surface area contributed by atoms with Crippen molar-refractivity contribution in [3.63, 3.8) is 0 Å². The molecule has 0 spiro atoms. The van der Waals surface area contributed by atoms with Crippen molar-refractivity contribution in [1.82, 2.24) is 14.9 Å². The number of carbonyl (C=O) groups excluding carboxylic acids is 1. The Bertz CT molecular complexity index is 1000. The highest BCUT2D eigenvalue weighted by atomic mass is 16.5. The molecule has 3 aromatic rings. The van der Waals surface area contributed by atoms with E-state index in [0.717, 1.165) is 11.4 Å². The molecule has 0 radical (unpaired) electrons. The summed E-state index contributed by atoms with van der Waals surface area (Å²) in [5.41, 5.74) is 7.06. The van der Waals surface area contributed by atoms with Crippen LogP contribution in [0.2, 0.25) is 0 Å². The first-order valence-electron chi connectivity index (χ1n) is 9.03. The minimum Gasteiger partial charge on any atom is -0.493 e. The lowest BCUT2D eigenvalue weighted by atomic mass is 10.1. The molecular weight excluding hydrogens is 372 g/mol. The fraction of sp³-hybridized carbons (Fsp3) is 0.238. The molecule has 0 aliphatic rings. The van der Waals surface area contributed by atoms with Crippen LogP contribution in [-0.4, -0.2) is 29.7 Å². The summed E-state index contributed by atoms with van der Waals surface area (Å²) < 4.78 is 18.6. The van der Waals surface area contributed by atoms with Crippen LogP contribution in [-0.2, 0) is 20.1 Å². The Morgan fingerprint density at radius 2 is 1.76 bits per heavy atom. The number of hydrogen-bond acceptors (Lipinski definition) is 6. The number of nitrogens with zero attached hydrogens (tertiary/aromatic N) is 2. The van der Waals surface area contributed by atoms with E-state index in [1.807, 2.05) is 29.9 Å². The summed E-state index contributed by atoms with van der Waals surface area (Å²) in [6.45, 7) is 0.732. The molecule has 0 aliphatic carbocycles. The van der Waals surface area contributed by atoms with Gasteiger partial charge in [-0.2, -0.15) is 0 Å². The van der Waals surface area contributed by atoms with Crippen molar-refractivity contribution in [2.75, 3.05) is 14.2 Å². The third-order valence-electron chi connectivity index (χ3n) is 4.44. The maximum absolute atomic E-state index is 12.5. The smallest absolute Gasteiger partial charge is 0.251 e. The van der Waals surface area contributed by atoms with Crippen molar-refractivity contribution in [2.45, 2.75) is 13.1 Å². The molecule has 0 atom stereocenters. The lowest BCUT2D eigenvalue weighted by molar-refractivity contribution is 0.0949. The van der Waals surface area contributed by atoms with Crippen molar-refractivity contribution in [3.05, 3.63) is 65.7 Å². The van der Waals surface area contributed by atoms with Crippen LogP contribution in [0.4, 0.5) is 0 Å². The average Bonchev–Trinajstić information content (AvgIpc) is 3.17. The molecule has 29 heavy (non-hydrogen) atoms. The second kappa shape index (κ2) is 9.11. The summed E-state index contributed by atoms with van der Waals surface area (Å²) in [6.07, 6.45) is 3.51. The zero-order valence-corrected chi connectivity index (χ0v) is 16.6. The molecule has 1 heterocycles. The SMILES string of the molecule is COc1cc(CN)ccc1Oc1ccc(C(=O)NCc2nccn2C)cc1OC. The minimum absolute atomic E-state index is 0.234. The van der Waals surface area contributed by atoms with Gasteiger partial charge in [-0.05, 0) is 35.9 Å². The first-order valence-corrected chi connectivity index (χ1v) is 9.03. The van der Waals surface area contributed by atoms with Gasteiger partial charge in [0.1, 0.15) is 5.82 Å². The van der Waals surface area contributed by atoms with Crippen molar-refractivity contribution in [3.8, 4) is 23.0 Å². The van der Waals surface area contributed by atoms with Gasteiger partial charge in [0, 0.05) is 31.5 Å². The van der Waals surface area contributed by atoms with E-state index in [1.165, 1.54) is 7.11 Å². The van der Waals surface area contributed by atoms with Crippen LogP contribution in [0.3, 0.4) is 0 Å². The molecule has 2 aromatic carbocycles. The number of rotatable bonds is 8. The zero-order valence-electron chi connectivity index (χ0n) is 16.6.